The Morgan fingerprint density at radius 1 is 1.32 bits per heavy atom. The summed E-state index contributed by atoms with van der Waals surface area (Å²) in [7, 11) is 1.84. The van der Waals surface area contributed by atoms with E-state index in [1.54, 1.807) is 10.9 Å². The first-order chi connectivity index (χ1) is 12.1. The Bertz CT molecular complexity index is 765. The largest absolute Gasteiger partial charge is 0.393 e. The number of fused-ring (bicyclic) bond motifs is 1. The molecule has 1 saturated carbocycles. The standard InChI is InChI=1S/C19H24N4O2/c1-23-18(14-6-2-3-7-15(14)22-23)19(25)21-17(12-10-13(24)11-12)16-8-4-5-9-20-16/h4-5,8-9,12-13,17,24H,2-3,6-7,10-11H2,1H3,(H,21,25)/t12?,13?,17-/m0/s1. The number of carbonyl (C=O) groups excluding carboxylic acids is 1. The van der Waals surface area contributed by atoms with Crippen LogP contribution in [0.1, 0.15) is 59.2 Å². The highest BCUT2D eigenvalue weighted by Crippen LogP contribution is 2.37. The van der Waals surface area contributed by atoms with Crippen molar-refractivity contribution in [2.75, 3.05) is 0 Å². The minimum Gasteiger partial charge on any atom is -0.393 e. The van der Waals surface area contributed by atoms with Crippen molar-refractivity contribution in [1.82, 2.24) is 20.1 Å². The maximum atomic E-state index is 13.0. The molecule has 6 heteroatoms. The summed E-state index contributed by atoms with van der Waals surface area (Å²) in [5.74, 6) is 0.132. The Balaban J connectivity index is 1.60. The molecule has 0 spiro atoms. The van der Waals surface area contributed by atoms with E-state index in [-0.39, 0.29) is 24.0 Å². The van der Waals surface area contributed by atoms with Gasteiger partial charge in [0.1, 0.15) is 5.69 Å². The Hall–Kier alpha value is -2.21. The van der Waals surface area contributed by atoms with Crippen molar-refractivity contribution in [3.8, 4) is 0 Å². The number of hydrogen-bond donors (Lipinski definition) is 2. The Labute approximate surface area is 147 Å². The SMILES string of the molecule is Cn1nc2c(c1C(=O)N[C@H](c1ccccn1)C1CC(O)C1)CCCC2. The molecule has 0 radical (unpaired) electrons. The zero-order valence-electron chi connectivity index (χ0n) is 14.5. The van der Waals surface area contributed by atoms with Gasteiger partial charge in [0.15, 0.2) is 0 Å². The van der Waals surface area contributed by atoms with Crippen molar-refractivity contribution < 1.29 is 9.90 Å². The van der Waals surface area contributed by atoms with Gasteiger partial charge in [0, 0.05) is 18.8 Å². The summed E-state index contributed by atoms with van der Waals surface area (Å²) >= 11 is 0. The average molecular weight is 340 g/mol. The van der Waals surface area contributed by atoms with Crippen LogP contribution in [0.15, 0.2) is 24.4 Å². The minimum absolute atomic E-state index is 0.0878. The van der Waals surface area contributed by atoms with Gasteiger partial charge in [-0.3, -0.25) is 14.5 Å². The van der Waals surface area contributed by atoms with Gasteiger partial charge in [0.2, 0.25) is 0 Å². The van der Waals surface area contributed by atoms with Crippen LogP contribution in [0.5, 0.6) is 0 Å². The van der Waals surface area contributed by atoms with Crippen LogP contribution in [-0.2, 0) is 19.9 Å². The van der Waals surface area contributed by atoms with Crippen LogP contribution in [0, 0.1) is 5.92 Å². The zero-order valence-corrected chi connectivity index (χ0v) is 14.5. The number of hydrogen-bond acceptors (Lipinski definition) is 4. The molecule has 4 rings (SSSR count). The third-order valence-electron chi connectivity index (χ3n) is 5.45. The van der Waals surface area contributed by atoms with Crippen LogP contribution in [0.4, 0.5) is 0 Å². The van der Waals surface area contributed by atoms with Gasteiger partial charge in [-0.05, 0) is 56.6 Å². The number of aliphatic hydroxyl groups is 1. The van der Waals surface area contributed by atoms with E-state index in [1.165, 1.54) is 0 Å². The molecule has 2 N–H and O–H groups in total. The lowest BCUT2D eigenvalue weighted by molar-refractivity contribution is 0.0227. The highest BCUT2D eigenvalue weighted by molar-refractivity contribution is 5.94. The Morgan fingerprint density at radius 2 is 2.12 bits per heavy atom. The number of rotatable bonds is 4. The molecule has 6 nitrogen and oxygen atoms in total. The van der Waals surface area contributed by atoms with E-state index in [4.69, 9.17) is 0 Å². The monoisotopic (exact) mass is 340 g/mol. The predicted octanol–water partition coefficient (Wildman–Crippen LogP) is 1.94. The number of nitrogens with zero attached hydrogens (tertiary/aromatic N) is 3. The zero-order chi connectivity index (χ0) is 17.4. The van der Waals surface area contributed by atoms with Crippen LogP contribution < -0.4 is 5.32 Å². The van der Waals surface area contributed by atoms with Gasteiger partial charge in [-0.1, -0.05) is 6.07 Å². The maximum absolute atomic E-state index is 13.0. The first-order valence-corrected chi connectivity index (χ1v) is 9.08. The van der Waals surface area contributed by atoms with Gasteiger partial charge in [0.05, 0.1) is 23.5 Å². The van der Waals surface area contributed by atoms with E-state index < -0.39 is 0 Å². The maximum Gasteiger partial charge on any atom is 0.270 e. The fraction of sp³-hybridized carbons (Fsp3) is 0.526. The minimum atomic E-state index is -0.266. The third kappa shape index (κ3) is 3.06. The van der Waals surface area contributed by atoms with E-state index in [0.29, 0.717) is 18.5 Å². The van der Waals surface area contributed by atoms with Crippen molar-refractivity contribution in [3.05, 3.63) is 47.0 Å². The predicted molar refractivity (Wildman–Crippen MR) is 93.0 cm³/mol. The Morgan fingerprint density at radius 3 is 2.84 bits per heavy atom. The van der Waals surface area contributed by atoms with Crippen LogP contribution in [0.2, 0.25) is 0 Å². The molecule has 132 valence electrons. The molecule has 1 fully saturated rings. The van der Waals surface area contributed by atoms with Gasteiger partial charge >= 0.3 is 0 Å². The lowest BCUT2D eigenvalue weighted by Gasteiger charge is -2.37. The second-order valence-electron chi connectivity index (χ2n) is 7.20. The summed E-state index contributed by atoms with van der Waals surface area (Å²) in [4.78, 5) is 17.5. The second-order valence-corrected chi connectivity index (χ2v) is 7.20. The van der Waals surface area contributed by atoms with Crippen LogP contribution in [0.25, 0.3) is 0 Å². The highest BCUT2D eigenvalue weighted by atomic mass is 16.3. The molecule has 2 aromatic rings. The summed E-state index contributed by atoms with van der Waals surface area (Å²) in [5, 5.41) is 17.4. The molecule has 2 aliphatic carbocycles. The van der Waals surface area contributed by atoms with Gasteiger partial charge < -0.3 is 10.4 Å². The van der Waals surface area contributed by atoms with Gasteiger partial charge in [0.25, 0.3) is 5.91 Å². The number of nitrogens with one attached hydrogen (secondary N) is 1. The molecule has 25 heavy (non-hydrogen) atoms. The second kappa shape index (κ2) is 6.59. The summed E-state index contributed by atoms with van der Waals surface area (Å²) in [6.45, 7) is 0. The fourth-order valence-electron chi connectivity index (χ4n) is 4.07. The highest BCUT2D eigenvalue weighted by Gasteiger charge is 2.37. The van der Waals surface area contributed by atoms with E-state index in [0.717, 1.165) is 42.6 Å². The fourth-order valence-corrected chi connectivity index (χ4v) is 4.07. The molecule has 2 aromatic heterocycles. The molecule has 1 atom stereocenters. The molecule has 0 aromatic carbocycles. The van der Waals surface area contributed by atoms with Crippen molar-refractivity contribution >= 4 is 5.91 Å². The Kier molecular flexibility index (Phi) is 4.29. The number of aromatic nitrogens is 3. The van der Waals surface area contributed by atoms with Crippen molar-refractivity contribution in [2.24, 2.45) is 13.0 Å². The van der Waals surface area contributed by atoms with E-state index in [1.807, 2.05) is 25.2 Å². The normalized spacial score (nSPS) is 23.4. The van der Waals surface area contributed by atoms with E-state index in [9.17, 15) is 9.90 Å². The van der Waals surface area contributed by atoms with Crippen molar-refractivity contribution in [2.45, 2.75) is 50.7 Å². The number of pyridine rings is 1. The molecule has 0 unspecified atom stereocenters. The first-order valence-electron chi connectivity index (χ1n) is 9.08. The summed E-state index contributed by atoms with van der Waals surface area (Å²) < 4.78 is 1.72. The smallest absolute Gasteiger partial charge is 0.270 e. The van der Waals surface area contributed by atoms with Gasteiger partial charge in [-0.2, -0.15) is 5.10 Å². The summed E-state index contributed by atoms with van der Waals surface area (Å²) in [5.41, 5.74) is 3.69. The summed E-state index contributed by atoms with van der Waals surface area (Å²) in [6, 6.07) is 5.57. The molecular weight excluding hydrogens is 316 g/mol. The molecular formula is C19H24N4O2. The summed E-state index contributed by atoms with van der Waals surface area (Å²) in [6.07, 6.45) is 7.00. The number of amides is 1. The lowest BCUT2D eigenvalue weighted by atomic mass is 9.76. The number of aliphatic hydroxyl groups excluding tert-OH is 1. The number of carbonyl (C=O) groups is 1. The quantitative estimate of drug-likeness (QED) is 0.891. The molecule has 2 heterocycles. The van der Waals surface area contributed by atoms with Crippen LogP contribution in [-0.4, -0.2) is 31.9 Å². The molecule has 0 saturated heterocycles. The van der Waals surface area contributed by atoms with Crippen molar-refractivity contribution in [3.63, 3.8) is 0 Å². The van der Waals surface area contributed by atoms with Crippen molar-refractivity contribution in [1.29, 1.82) is 0 Å². The number of aryl methyl sites for hydroxylation is 2. The van der Waals surface area contributed by atoms with E-state index in [2.05, 4.69) is 15.4 Å². The molecule has 1 amide bonds. The third-order valence-corrected chi connectivity index (χ3v) is 5.45. The molecule has 0 aliphatic heterocycles. The lowest BCUT2D eigenvalue weighted by Crippen LogP contribution is -2.42. The topological polar surface area (TPSA) is 80.0 Å². The van der Waals surface area contributed by atoms with Crippen LogP contribution in [0.3, 0.4) is 0 Å². The first kappa shape index (κ1) is 16.3. The van der Waals surface area contributed by atoms with Gasteiger partial charge in [-0.25, -0.2) is 0 Å². The molecule has 2 aliphatic rings. The van der Waals surface area contributed by atoms with E-state index >= 15 is 0 Å². The van der Waals surface area contributed by atoms with Crippen LogP contribution >= 0.6 is 0 Å². The van der Waals surface area contributed by atoms with Gasteiger partial charge in [-0.15, -0.1) is 0 Å². The molecule has 0 bridgehead atoms. The average Bonchev–Trinajstić information content (AvgIpc) is 2.93.